The van der Waals surface area contributed by atoms with Crippen LogP contribution in [0.1, 0.15) is 62.1 Å². The molecule has 8 nitrogen and oxygen atoms in total. The molecule has 234 valence electrons. The standard InChI is InChI=1S/C35H36F2N4O4/c1-23-9-10-28(8-5-12-35(21-23)32(43)39-31(40-35)24-6-3-2-4-7-24)38-30(42)22-41-29(25-18-26(36)20-27(37)19-25)11-13-34(33(41)44)14-16-45-17-15-34/h2-4,6-10,18-20,29H,1,5,11-17,21-22H2,(H,38,42)(H,39,40,43)/b10-9-,28-8+/t29-,35?/m0/s1. The average Bonchev–Trinajstić information content (AvgIpc) is 3.36. The van der Waals surface area contributed by atoms with E-state index in [1.807, 2.05) is 36.4 Å². The third-order valence-electron chi connectivity index (χ3n) is 9.27. The van der Waals surface area contributed by atoms with Crippen LogP contribution in [0.3, 0.4) is 0 Å². The van der Waals surface area contributed by atoms with Gasteiger partial charge in [-0.05, 0) is 62.3 Å². The van der Waals surface area contributed by atoms with Gasteiger partial charge in [0, 0.05) is 37.0 Å². The van der Waals surface area contributed by atoms with Gasteiger partial charge in [0.05, 0.1) is 11.5 Å². The van der Waals surface area contributed by atoms with E-state index in [9.17, 15) is 23.2 Å². The summed E-state index contributed by atoms with van der Waals surface area (Å²) in [7, 11) is 0. The molecule has 6 rings (SSSR count). The Hall–Kier alpha value is -4.44. The van der Waals surface area contributed by atoms with Crippen LogP contribution in [0.4, 0.5) is 8.78 Å². The summed E-state index contributed by atoms with van der Waals surface area (Å²) in [5.41, 5.74) is 0.637. The van der Waals surface area contributed by atoms with Crippen LogP contribution in [0.5, 0.6) is 0 Å². The first-order valence-corrected chi connectivity index (χ1v) is 15.3. The summed E-state index contributed by atoms with van der Waals surface area (Å²) in [4.78, 5) is 47.0. The molecule has 0 aromatic heterocycles. The molecular formula is C35H36F2N4O4. The summed E-state index contributed by atoms with van der Waals surface area (Å²) < 4.78 is 33.9. The van der Waals surface area contributed by atoms with Gasteiger partial charge in [-0.1, -0.05) is 54.6 Å². The highest BCUT2D eigenvalue weighted by molar-refractivity contribution is 6.15. The molecule has 10 heteroatoms. The summed E-state index contributed by atoms with van der Waals surface area (Å²) >= 11 is 0. The summed E-state index contributed by atoms with van der Waals surface area (Å²) in [5.74, 6) is -1.77. The fourth-order valence-corrected chi connectivity index (χ4v) is 6.90. The minimum absolute atomic E-state index is 0.192. The second kappa shape index (κ2) is 12.5. The van der Waals surface area contributed by atoms with Gasteiger partial charge in [-0.3, -0.25) is 19.4 Å². The van der Waals surface area contributed by atoms with Crippen molar-refractivity contribution in [2.24, 2.45) is 10.4 Å². The molecule has 2 saturated heterocycles. The van der Waals surface area contributed by atoms with Gasteiger partial charge >= 0.3 is 0 Å². The second-order valence-corrected chi connectivity index (χ2v) is 12.3. The maximum Gasteiger partial charge on any atom is 0.253 e. The third kappa shape index (κ3) is 6.38. The SMILES string of the molecule is C=C1/C=C\C(NC(=O)CN2C(=O)C3(CCOCC3)CC[C@H]2c2cc(F)cc(F)c2)=C/CCC2(C1)N=C(c1ccccc1)NC2=O. The van der Waals surface area contributed by atoms with Gasteiger partial charge in [0.15, 0.2) is 0 Å². The van der Waals surface area contributed by atoms with Crippen LogP contribution >= 0.6 is 0 Å². The van der Waals surface area contributed by atoms with Crippen molar-refractivity contribution >= 4 is 23.6 Å². The molecule has 4 aliphatic rings. The lowest BCUT2D eigenvalue weighted by molar-refractivity contribution is -0.159. The van der Waals surface area contributed by atoms with E-state index in [0.29, 0.717) is 80.8 Å². The van der Waals surface area contributed by atoms with Crippen molar-refractivity contribution < 1.29 is 27.9 Å². The highest BCUT2D eigenvalue weighted by atomic mass is 19.1. The zero-order chi connectivity index (χ0) is 31.6. The number of aliphatic imine (C=N–C) groups is 1. The molecule has 2 aromatic rings. The minimum Gasteiger partial charge on any atom is -0.381 e. The normalized spacial score (nSPS) is 26.8. The van der Waals surface area contributed by atoms with E-state index < -0.39 is 34.5 Å². The summed E-state index contributed by atoms with van der Waals surface area (Å²) in [5, 5.41) is 5.83. The number of halogens is 2. The molecule has 3 heterocycles. The first kappa shape index (κ1) is 30.6. The number of ether oxygens (including phenoxy) is 1. The van der Waals surface area contributed by atoms with Crippen LogP contribution in [-0.4, -0.2) is 53.8 Å². The van der Waals surface area contributed by atoms with Crippen LogP contribution in [0.2, 0.25) is 0 Å². The van der Waals surface area contributed by atoms with Crippen molar-refractivity contribution in [3.05, 3.63) is 107 Å². The van der Waals surface area contributed by atoms with E-state index >= 15 is 0 Å². The monoisotopic (exact) mass is 614 g/mol. The quantitative estimate of drug-likeness (QED) is 0.493. The number of hydrogen-bond donors (Lipinski definition) is 2. The Morgan fingerprint density at radius 1 is 1.04 bits per heavy atom. The fraction of sp³-hybridized carbons (Fsp3) is 0.371. The van der Waals surface area contributed by atoms with Crippen molar-refractivity contribution in [2.45, 2.75) is 56.5 Å². The molecule has 2 spiro atoms. The number of likely N-dealkylation sites (tertiary alicyclic amines) is 1. The second-order valence-electron chi connectivity index (χ2n) is 12.3. The van der Waals surface area contributed by atoms with Crippen molar-refractivity contribution in [3.63, 3.8) is 0 Å². The number of nitrogens with zero attached hydrogens (tertiary/aromatic N) is 2. The van der Waals surface area contributed by atoms with E-state index in [-0.39, 0.29) is 18.4 Å². The number of benzene rings is 2. The molecule has 45 heavy (non-hydrogen) atoms. The van der Waals surface area contributed by atoms with Gasteiger partial charge in [-0.25, -0.2) is 8.78 Å². The Bertz CT molecular complexity index is 1590. The van der Waals surface area contributed by atoms with Crippen molar-refractivity contribution in [2.75, 3.05) is 19.8 Å². The first-order chi connectivity index (χ1) is 21.7. The maximum absolute atomic E-state index is 14.2. The molecule has 0 bridgehead atoms. The number of carbonyl (C=O) groups excluding carboxylic acids is 3. The Balaban J connectivity index is 1.20. The van der Waals surface area contributed by atoms with Crippen molar-refractivity contribution in [3.8, 4) is 0 Å². The number of allylic oxidation sites excluding steroid dienone is 3. The van der Waals surface area contributed by atoms with Crippen LogP contribution in [-0.2, 0) is 19.1 Å². The minimum atomic E-state index is -1.02. The molecule has 1 unspecified atom stereocenters. The zero-order valence-corrected chi connectivity index (χ0v) is 25.0. The predicted octanol–water partition coefficient (Wildman–Crippen LogP) is 5.04. The van der Waals surface area contributed by atoms with Crippen LogP contribution < -0.4 is 10.6 Å². The average molecular weight is 615 g/mol. The molecule has 0 saturated carbocycles. The molecule has 2 fully saturated rings. The van der Waals surface area contributed by atoms with Crippen molar-refractivity contribution in [1.82, 2.24) is 15.5 Å². The van der Waals surface area contributed by atoms with Gasteiger partial charge in [-0.2, -0.15) is 0 Å². The van der Waals surface area contributed by atoms with E-state index in [1.54, 1.807) is 12.2 Å². The van der Waals surface area contributed by atoms with Crippen LogP contribution in [0, 0.1) is 17.0 Å². The van der Waals surface area contributed by atoms with Gasteiger partial charge in [0.25, 0.3) is 5.91 Å². The molecule has 3 amide bonds. The lowest BCUT2D eigenvalue weighted by Gasteiger charge is -2.47. The number of nitrogens with one attached hydrogen (secondary N) is 2. The Kier molecular flexibility index (Phi) is 8.50. The third-order valence-corrected chi connectivity index (χ3v) is 9.27. The number of hydrogen-bond acceptors (Lipinski definition) is 5. The lowest BCUT2D eigenvalue weighted by atomic mass is 9.70. The van der Waals surface area contributed by atoms with Crippen LogP contribution in [0.25, 0.3) is 0 Å². The molecule has 3 aliphatic heterocycles. The largest absolute Gasteiger partial charge is 0.381 e. The van der Waals surface area contributed by atoms with Gasteiger partial charge < -0.3 is 20.3 Å². The molecular weight excluding hydrogens is 578 g/mol. The van der Waals surface area contributed by atoms with Gasteiger partial charge in [0.1, 0.15) is 29.6 Å². The fourth-order valence-electron chi connectivity index (χ4n) is 6.90. The molecule has 2 N–H and O–H groups in total. The highest BCUT2D eigenvalue weighted by Gasteiger charge is 2.49. The summed E-state index contributed by atoms with van der Waals surface area (Å²) in [6, 6.07) is 12.0. The van der Waals surface area contributed by atoms with Gasteiger partial charge in [0.2, 0.25) is 11.8 Å². The first-order valence-electron chi connectivity index (χ1n) is 15.3. The number of carbonyl (C=O) groups is 3. The Morgan fingerprint density at radius 2 is 1.78 bits per heavy atom. The lowest BCUT2D eigenvalue weighted by Crippen LogP contribution is -2.54. The molecule has 0 radical (unpaired) electrons. The maximum atomic E-state index is 14.2. The smallest absolute Gasteiger partial charge is 0.253 e. The number of amidine groups is 1. The van der Waals surface area contributed by atoms with Crippen molar-refractivity contribution in [1.29, 1.82) is 0 Å². The van der Waals surface area contributed by atoms with Gasteiger partial charge in [-0.15, -0.1) is 0 Å². The summed E-state index contributed by atoms with van der Waals surface area (Å²) in [6.45, 7) is 4.74. The number of rotatable bonds is 5. The van der Waals surface area contributed by atoms with E-state index in [0.717, 1.165) is 11.6 Å². The zero-order valence-electron chi connectivity index (χ0n) is 25.0. The number of piperidine rings is 1. The molecule has 2 aromatic carbocycles. The Morgan fingerprint density at radius 3 is 2.51 bits per heavy atom. The summed E-state index contributed by atoms with van der Waals surface area (Å²) in [6.07, 6.45) is 8.57. The highest BCUT2D eigenvalue weighted by Crippen LogP contribution is 2.46. The van der Waals surface area contributed by atoms with Crippen LogP contribution in [0.15, 0.2) is 89.6 Å². The Labute approximate surface area is 260 Å². The topological polar surface area (TPSA) is 100 Å². The molecule has 2 atom stereocenters. The predicted molar refractivity (Wildman–Crippen MR) is 165 cm³/mol. The van der Waals surface area contributed by atoms with E-state index in [1.165, 1.54) is 17.0 Å². The number of amides is 3. The van der Waals surface area contributed by atoms with E-state index in [4.69, 9.17) is 9.73 Å². The van der Waals surface area contributed by atoms with E-state index in [2.05, 4.69) is 17.2 Å². The molecule has 1 aliphatic carbocycles.